The lowest BCUT2D eigenvalue weighted by Crippen LogP contribution is -2.33. The van der Waals surface area contributed by atoms with Gasteiger partial charge in [-0.25, -0.2) is 0 Å². The summed E-state index contributed by atoms with van der Waals surface area (Å²) in [6.07, 6.45) is 18.8. The number of nitrogens with zero attached hydrogens (tertiary/aromatic N) is 1. The molecule has 1 aliphatic heterocycles. The molecule has 1 saturated heterocycles. The van der Waals surface area contributed by atoms with Gasteiger partial charge in [0.25, 0.3) is 0 Å². The highest BCUT2D eigenvalue weighted by Crippen LogP contribution is 2.36. The molecule has 2 rings (SSSR count). The van der Waals surface area contributed by atoms with Gasteiger partial charge in [0.15, 0.2) is 0 Å². The van der Waals surface area contributed by atoms with E-state index in [1.54, 1.807) is 0 Å². The Morgan fingerprint density at radius 2 is 1.80 bits per heavy atom. The van der Waals surface area contributed by atoms with Crippen LogP contribution in [-0.4, -0.2) is 48.0 Å². The van der Waals surface area contributed by atoms with Crippen LogP contribution < -0.4 is 5.32 Å². The van der Waals surface area contributed by atoms with Crippen LogP contribution in [0.25, 0.3) is 0 Å². The Balaban J connectivity index is 0.00000214. The fourth-order valence-electron chi connectivity index (χ4n) is 3.96. The monoisotopic (exact) mass is 498 g/mol. The quantitative estimate of drug-likeness (QED) is 0.239. The van der Waals surface area contributed by atoms with E-state index in [0.717, 1.165) is 35.9 Å². The summed E-state index contributed by atoms with van der Waals surface area (Å²) in [6.45, 7) is 27.9. The minimum Gasteiger partial charge on any atom is -0.381 e. The van der Waals surface area contributed by atoms with E-state index in [2.05, 4.69) is 94.9 Å². The summed E-state index contributed by atoms with van der Waals surface area (Å²) < 4.78 is 0. The maximum absolute atomic E-state index is 4.57. The first kappa shape index (κ1) is 33.2. The fourth-order valence-corrected chi connectivity index (χ4v) is 5.89. The van der Waals surface area contributed by atoms with Crippen LogP contribution in [-0.2, 0) is 0 Å². The third-order valence-corrected chi connectivity index (χ3v) is 8.63. The molecule has 0 aromatic carbocycles. The van der Waals surface area contributed by atoms with Crippen molar-refractivity contribution in [3.8, 4) is 0 Å². The van der Waals surface area contributed by atoms with Gasteiger partial charge in [-0.15, -0.1) is 0 Å². The summed E-state index contributed by atoms with van der Waals surface area (Å²) in [6, 6.07) is 0. The van der Waals surface area contributed by atoms with Crippen molar-refractivity contribution in [2.75, 3.05) is 26.7 Å². The fraction of sp³-hybridized carbons (Fsp3) is 0.531. The van der Waals surface area contributed by atoms with Crippen molar-refractivity contribution in [1.29, 1.82) is 0 Å². The predicted molar refractivity (Wildman–Crippen MR) is 167 cm³/mol. The predicted octanol–water partition coefficient (Wildman–Crippen LogP) is 8.61. The smallest absolute Gasteiger partial charge is 0.0397 e. The molecule has 3 heteroatoms. The molecule has 2 nitrogen and oxygen atoms in total. The van der Waals surface area contributed by atoms with Crippen molar-refractivity contribution >= 4 is 16.4 Å². The number of allylic oxidation sites excluding steroid dienone is 7. The Kier molecular flexibility index (Phi) is 18.3. The van der Waals surface area contributed by atoms with Crippen LogP contribution in [0.3, 0.4) is 0 Å². The molecule has 0 bridgehead atoms. The van der Waals surface area contributed by atoms with E-state index in [1.807, 2.05) is 26.0 Å². The molecule has 2 unspecified atom stereocenters. The molecule has 1 heterocycles. The van der Waals surface area contributed by atoms with E-state index in [9.17, 15) is 0 Å². The van der Waals surface area contributed by atoms with Crippen molar-refractivity contribution in [3.63, 3.8) is 0 Å². The Morgan fingerprint density at radius 1 is 1.20 bits per heavy atom. The Morgan fingerprint density at radius 3 is 2.29 bits per heavy atom. The molecular formula is C32H54N2S. The highest BCUT2D eigenvalue weighted by Gasteiger charge is 2.23. The molecule has 0 saturated carbocycles. The molecule has 2 aliphatic rings. The summed E-state index contributed by atoms with van der Waals surface area (Å²) >= 11 is 0. The Hall–Kier alpha value is -1.84. The molecule has 1 fully saturated rings. The van der Waals surface area contributed by atoms with Crippen LogP contribution in [0.5, 0.6) is 0 Å². The van der Waals surface area contributed by atoms with Crippen LogP contribution in [0.1, 0.15) is 73.6 Å². The number of hydrogen-bond acceptors (Lipinski definition) is 2. The van der Waals surface area contributed by atoms with Crippen LogP contribution in [0.2, 0.25) is 0 Å². The standard InChI is InChI=1S/C27H40N2S.C3H8.C2H6/c1-8-10-21(3)25(9-2)19-22(4)23(5)28-20-24-11-13-26(14-12-24)30(7)27-15-17-29(6)18-16-27;1-3-2;1-2/h8-13,26-28H,1,4-5,7,14-20H2,2-3,6H3;3H2,1-2H3;1-2H3/b21-10-,25-9-;;. The van der Waals surface area contributed by atoms with Gasteiger partial charge in [0, 0.05) is 22.7 Å². The summed E-state index contributed by atoms with van der Waals surface area (Å²) in [5, 5.41) is 4.84. The van der Waals surface area contributed by atoms with Crippen molar-refractivity contribution in [1.82, 2.24) is 10.2 Å². The van der Waals surface area contributed by atoms with Gasteiger partial charge in [-0.1, -0.05) is 96.2 Å². The Labute approximate surface area is 221 Å². The van der Waals surface area contributed by atoms with Gasteiger partial charge < -0.3 is 10.2 Å². The van der Waals surface area contributed by atoms with Crippen molar-refractivity contribution in [2.24, 2.45) is 0 Å². The normalized spacial score (nSPS) is 19.9. The van der Waals surface area contributed by atoms with E-state index in [1.165, 1.54) is 49.1 Å². The molecule has 0 radical (unpaired) electrons. The lowest BCUT2D eigenvalue weighted by Gasteiger charge is -2.34. The summed E-state index contributed by atoms with van der Waals surface area (Å²) in [4.78, 5) is 2.44. The third-order valence-electron chi connectivity index (χ3n) is 6.18. The summed E-state index contributed by atoms with van der Waals surface area (Å²) in [7, 11) is 2.44. The highest BCUT2D eigenvalue weighted by molar-refractivity contribution is 8.15. The highest BCUT2D eigenvalue weighted by atomic mass is 32.2. The van der Waals surface area contributed by atoms with E-state index >= 15 is 0 Å². The first-order valence-electron chi connectivity index (χ1n) is 13.4. The van der Waals surface area contributed by atoms with Crippen molar-refractivity contribution < 1.29 is 0 Å². The second-order valence-electron chi connectivity index (χ2n) is 9.10. The minimum atomic E-state index is 0.214. The second-order valence-corrected chi connectivity index (χ2v) is 11.3. The number of hydrogen-bond donors (Lipinski definition) is 1. The van der Waals surface area contributed by atoms with Gasteiger partial charge >= 0.3 is 0 Å². The lowest BCUT2D eigenvalue weighted by molar-refractivity contribution is 0.282. The summed E-state index contributed by atoms with van der Waals surface area (Å²) in [5.41, 5.74) is 5.76. The first-order valence-corrected chi connectivity index (χ1v) is 14.9. The van der Waals surface area contributed by atoms with E-state index in [-0.39, 0.29) is 10.5 Å². The molecule has 0 amide bonds. The lowest BCUT2D eigenvalue weighted by atomic mass is 9.98. The van der Waals surface area contributed by atoms with Crippen molar-refractivity contribution in [3.05, 3.63) is 84.2 Å². The average molecular weight is 499 g/mol. The second kappa shape index (κ2) is 19.4. The molecule has 35 heavy (non-hydrogen) atoms. The molecule has 2 atom stereocenters. The largest absolute Gasteiger partial charge is 0.381 e. The van der Waals surface area contributed by atoms with Crippen LogP contribution in [0, 0.1) is 0 Å². The van der Waals surface area contributed by atoms with Gasteiger partial charge in [-0.2, -0.15) is 10.5 Å². The Bertz CT molecular complexity index is 801. The molecule has 198 valence electrons. The van der Waals surface area contributed by atoms with Gasteiger partial charge in [0.2, 0.25) is 0 Å². The van der Waals surface area contributed by atoms with Gasteiger partial charge in [-0.05, 0) is 82.0 Å². The maximum atomic E-state index is 4.57. The van der Waals surface area contributed by atoms with E-state index in [4.69, 9.17) is 0 Å². The van der Waals surface area contributed by atoms with E-state index in [0.29, 0.717) is 5.25 Å². The number of likely N-dealkylation sites (tertiary alicyclic amines) is 1. The van der Waals surface area contributed by atoms with Gasteiger partial charge in [0.1, 0.15) is 0 Å². The maximum Gasteiger partial charge on any atom is 0.0397 e. The van der Waals surface area contributed by atoms with Crippen LogP contribution in [0.4, 0.5) is 0 Å². The molecule has 1 aliphatic carbocycles. The number of rotatable bonds is 10. The summed E-state index contributed by atoms with van der Waals surface area (Å²) in [5.74, 6) is 4.57. The van der Waals surface area contributed by atoms with Gasteiger partial charge in [0.05, 0.1) is 0 Å². The number of piperidine rings is 1. The molecular weight excluding hydrogens is 444 g/mol. The van der Waals surface area contributed by atoms with Crippen LogP contribution >= 0.6 is 10.5 Å². The minimum absolute atomic E-state index is 0.214. The van der Waals surface area contributed by atoms with Crippen LogP contribution in [0.15, 0.2) is 84.2 Å². The zero-order valence-corrected chi connectivity index (χ0v) is 24.8. The zero-order chi connectivity index (χ0) is 26.8. The molecule has 0 spiro atoms. The topological polar surface area (TPSA) is 15.3 Å². The molecule has 0 aromatic heterocycles. The van der Waals surface area contributed by atoms with E-state index < -0.39 is 0 Å². The number of nitrogens with one attached hydrogen (secondary N) is 1. The molecule has 0 aromatic rings. The zero-order valence-electron chi connectivity index (χ0n) is 24.0. The van der Waals surface area contributed by atoms with Gasteiger partial charge in [-0.3, -0.25) is 0 Å². The SMILES string of the molecule is C=C/C=C(C)\C(=C/C)CC(=C)C(=C)NCC1=CCC(S(=C)C2CCN(C)CC2)C=C1.CC.CCC. The first-order chi connectivity index (χ1) is 16.8. The molecule has 1 N–H and O–H groups in total. The van der Waals surface area contributed by atoms with Crippen molar-refractivity contribution in [2.45, 2.75) is 84.1 Å². The average Bonchev–Trinajstić information content (AvgIpc) is 2.87. The third kappa shape index (κ3) is 12.6.